The second-order valence-electron chi connectivity index (χ2n) is 4.92. The van der Waals surface area contributed by atoms with E-state index >= 15 is 0 Å². The van der Waals surface area contributed by atoms with Gasteiger partial charge in [0, 0.05) is 18.3 Å². The highest BCUT2D eigenvalue weighted by Crippen LogP contribution is 2.16. The molecule has 1 unspecified atom stereocenters. The van der Waals surface area contributed by atoms with E-state index in [1.807, 2.05) is 0 Å². The molecule has 102 valence electrons. The highest BCUT2D eigenvalue weighted by Gasteiger charge is 2.05. The molecule has 1 aromatic rings. The fraction of sp³-hybridized carbons (Fsp3) is 0.625. The van der Waals surface area contributed by atoms with Crippen molar-refractivity contribution in [3.63, 3.8) is 0 Å². The summed E-state index contributed by atoms with van der Waals surface area (Å²) in [6.07, 6.45) is 6.76. The average molecular weight is 249 g/mol. The van der Waals surface area contributed by atoms with Gasteiger partial charge in [-0.1, -0.05) is 38.8 Å². The maximum atomic E-state index is 8.86. The molecule has 0 saturated carbocycles. The van der Waals surface area contributed by atoms with Crippen LogP contribution in [0.4, 0.5) is 5.69 Å². The first-order valence-electron chi connectivity index (χ1n) is 7.26. The van der Waals surface area contributed by atoms with Gasteiger partial charge in [0.1, 0.15) is 0 Å². The monoisotopic (exact) mass is 249 g/mol. The average Bonchev–Trinajstić information content (AvgIpc) is 2.41. The Labute approximate surface area is 111 Å². The number of rotatable bonds is 9. The number of benzene rings is 1. The van der Waals surface area contributed by atoms with Crippen molar-refractivity contribution in [2.45, 2.75) is 58.4 Å². The SMILES string of the molecule is CCCCC(CC)Nc1cccc(CCCO)c1. The molecule has 18 heavy (non-hydrogen) atoms. The topological polar surface area (TPSA) is 32.3 Å². The predicted octanol–water partition coefficient (Wildman–Crippen LogP) is 3.99. The van der Waals surface area contributed by atoms with Crippen LogP contribution in [0.2, 0.25) is 0 Å². The molecule has 0 heterocycles. The van der Waals surface area contributed by atoms with Gasteiger partial charge in [-0.05, 0) is 43.4 Å². The van der Waals surface area contributed by atoms with Crippen LogP contribution in [0.3, 0.4) is 0 Å². The normalized spacial score (nSPS) is 12.4. The van der Waals surface area contributed by atoms with Crippen LogP contribution in [0.1, 0.15) is 51.5 Å². The molecular weight excluding hydrogens is 222 g/mol. The van der Waals surface area contributed by atoms with Gasteiger partial charge >= 0.3 is 0 Å². The van der Waals surface area contributed by atoms with Gasteiger partial charge in [0.15, 0.2) is 0 Å². The van der Waals surface area contributed by atoms with E-state index in [9.17, 15) is 0 Å². The summed E-state index contributed by atoms with van der Waals surface area (Å²) in [7, 11) is 0. The Morgan fingerprint density at radius 2 is 2.06 bits per heavy atom. The van der Waals surface area contributed by atoms with Crippen molar-refractivity contribution in [3.8, 4) is 0 Å². The predicted molar refractivity (Wildman–Crippen MR) is 79.1 cm³/mol. The molecule has 1 aromatic carbocycles. The van der Waals surface area contributed by atoms with Crippen molar-refractivity contribution >= 4 is 5.69 Å². The third-order valence-electron chi connectivity index (χ3n) is 3.32. The van der Waals surface area contributed by atoms with Crippen LogP contribution in [-0.2, 0) is 6.42 Å². The molecule has 0 spiro atoms. The van der Waals surface area contributed by atoms with E-state index in [-0.39, 0.29) is 6.61 Å². The van der Waals surface area contributed by atoms with E-state index in [4.69, 9.17) is 5.11 Å². The fourth-order valence-electron chi connectivity index (χ4n) is 2.16. The van der Waals surface area contributed by atoms with Crippen molar-refractivity contribution in [1.29, 1.82) is 0 Å². The van der Waals surface area contributed by atoms with Gasteiger partial charge in [-0.25, -0.2) is 0 Å². The van der Waals surface area contributed by atoms with Crippen LogP contribution in [-0.4, -0.2) is 17.8 Å². The molecule has 0 amide bonds. The molecule has 0 saturated heterocycles. The zero-order valence-electron chi connectivity index (χ0n) is 11.8. The summed E-state index contributed by atoms with van der Waals surface area (Å²) in [4.78, 5) is 0. The Morgan fingerprint density at radius 1 is 1.22 bits per heavy atom. The molecule has 0 aliphatic carbocycles. The molecule has 2 N–H and O–H groups in total. The van der Waals surface area contributed by atoms with Gasteiger partial charge in [0.25, 0.3) is 0 Å². The van der Waals surface area contributed by atoms with Crippen molar-refractivity contribution in [2.24, 2.45) is 0 Å². The second kappa shape index (κ2) is 8.98. The molecule has 2 nitrogen and oxygen atoms in total. The van der Waals surface area contributed by atoms with Crippen molar-refractivity contribution < 1.29 is 5.11 Å². The summed E-state index contributed by atoms with van der Waals surface area (Å²) < 4.78 is 0. The van der Waals surface area contributed by atoms with Gasteiger partial charge in [0.05, 0.1) is 0 Å². The van der Waals surface area contributed by atoms with Crippen LogP contribution in [0.25, 0.3) is 0 Å². The standard InChI is InChI=1S/C16H27NO/c1-3-5-10-15(4-2)17-16-11-6-8-14(13-16)9-7-12-18/h6,8,11,13,15,17-18H,3-5,7,9-10,12H2,1-2H3. The summed E-state index contributed by atoms with van der Waals surface area (Å²) in [5, 5.41) is 12.5. The first-order valence-corrected chi connectivity index (χ1v) is 7.26. The van der Waals surface area contributed by atoms with Gasteiger partial charge in [0.2, 0.25) is 0 Å². The fourth-order valence-corrected chi connectivity index (χ4v) is 2.16. The largest absolute Gasteiger partial charge is 0.396 e. The van der Waals surface area contributed by atoms with Crippen LogP contribution in [0.5, 0.6) is 0 Å². The van der Waals surface area contributed by atoms with E-state index in [0.29, 0.717) is 6.04 Å². The first-order chi connectivity index (χ1) is 8.80. The zero-order chi connectivity index (χ0) is 13.2. The minimum absolute atomic E-state index is 0.270. The minimum atomic E-state index is 0.270. The third kappa shape index (κ3) is 5.54. The zero-order valence-corrected chi connectivity index (χ0v) is 11.8. The number of aliphatic hydroxyl groups is 1. The lowest BCUT2D eigenvalue weighted by atomic mass is 10.1. The number of hydrogen-bond donors (Lipinski definition) is 2. The Kier molecular flexibility index (Phi) is 7.51. The maximum Gasteiger partial charge on any atom is 0.0434 e. The second-order valence-corrected chi connectivity index (χ2v) is 4.92. The lowest BCUT2D eigenvalue weighted by Crippen LogP contribution is -2.18. The smallest absolute Gasteiger partial charge is 0.0434 e. The summed E-state index contributed by atoms with van der Waals surface area (Å²) in [6.45, 7) is 4.75. The number of anilines is 1. The number of hydrogen-bond acceptors (Lipinski definition) is 2. The third-order valence-corrected chi connectivity index (χ3v) is 3.32. The van der Waals surface area contributed by atoms with E-state index in [2.05, 4.69) is 43.4 Å². The van der Waals surface area contributed by atoms with Gasteiger partial charge in [-0.3, -0.25) is 0 Å². The molecule has 2 heteroatoms. The number of nitrogens with one attached hydrogen (secondary N) is 1. The molecule has 1 atom stereocenters. The molecule has 0 fully saturated rings. The molecule has 0 bridgehead atoms. The lowest BCUT2D eigenvalue weighted by molar-refractivity contribution is 0.288. The minimum Gasteiger partial charge on any atom is -0.396 e. The molecule has 0 radical (unpaired) electrons. The molecule has 0 aromatic heterocycles. The van der Waals surface area contributed by atoms with Crippen molar-refractivity contribution in [1.82, 2.24) is 0 Å². The summed E-state index contributed by atoms with van der Waals surface area (Å²) in [5.74, 6) is 0. The Balaban J connectivity index is 2.53. The summed E-state index contributed by atoms with van der Waals surface area (Å²) >= 11 is 0. The van der Waals surface area contributed by atoms with Gasteiger partial charge in [-0.2, -0.15) is 0 Å². The molecule has 1 rings (SSSR count). The Hall–Kier alpha value is -1.02. The van der Waals surface area contributed by atoms with E-state index in [1.165, 1.54) is 36.9 Å². The number of aryl methyl sites for hydroxylation is 1. The van der Waals surface area contributed by atoms with Gasteiger partial charge in [-0.15, -0.1) is 0 Å². The van der Waals surface area contributed by atoms with E-state index in [1.54, 1.807) is 0 Å². The van der Waals surface area contributed by atoms with Crippen LogP contribution in [0, 0.1) is 0 Å². The van der Waals surface area contributed by atoms with Crippen LogP contribution in [0.15, 0.2) is 24.3 Å². The highest BCUT2D eigenvalue weighted by molar-refractivity contribution is 5.46. The Morgan fingerprint density at radius 3 is 2.72 bits per heavy atom. The summed E-state index contributed by atoms with van der Waals surface area (Å²) in [5.41, 5.74) is 2.52. The number of aliphatic hydroxyl groups excluding tert-OH is 1. The molecular formula is C16H27NO. The number of unbranched alkanes of at least 4 members (excludes halogenated alkanes) is 1. The van der Waals surface area contributed by atoms with E-state index in [0.717, 1.165) is 12.8 Å². The molecule has 0 aliphatic heterocycles. The first kappa shape index (κ1) is 15.0. The molecule has 0 aliphatic rings. The van der Waals surface area contributed by atoms with Crippen molar-refractivity contribution in [2.75, 3.05) is 11.9 Å². The summed E-state index contributed by atoms with van der Waals surface area (Å²) in [6, 6.07) is 9.16. The highest BCUT2D eigenvalue weighted by atomic mass is 16.2. The maximum absolute atomic E-state index is 8.86. The quantitative estimate of drug-likeness (QED) is 0.693. The van der Waals surface area contributed by atoms with Crippen LogP contribution < -0.4 is 5.32 Å². The van der Waals surface area contributed by atoms with Gasteiger partial charge < -0.3 is 10.4 Å². The van der Waals surface area contributed by atoms with Crippen LogP contribution >= 0.6 is 0 Å². The Bertz CT molecular complexity index is 325. The lowest BCUT2D eigenvalue weighted by Gasteiger charge is -2.18. The van der Waals surface area contributed by atoms with Crippen molar-refractivity contribution in [3.05, 3.63) is 29.8 Å². The van der Waals surface area contributed by atoms with E-state index < -0.39 is 0 Å².